The highest BCUT2D eigenvalue weighted by atomic mass is 35.5. The number of oxazole rings is 1. The van der Waals surface area contributed by atoms with E-state index in [-0.39, 0.29) is 0 Å². The van der Waals surface area contributed by atoms with Crippen LogP contribution in [0.1, 0.15) is 23.0 Å². The van der Waals surface area contributed by atoms with Crippen molar-refractivity contribution in [1.82, 2.24) is 19.6 Å². The second-order valence-corrected chi connectivity index (χ2v) is 8.25. The monoisotopic (exact) mass is 424 g/mol. The van der Waals surface area contributed by atoms with Gasteiger partial charge in [0.05, 0.1) is 16.7 Å². The van der Waals surface area contributed by atoms with Crippen LogP contribution in [0.5, 0.6) is 0 Å². The molecule has 146 valence electrons. The van der Waals surface area contributed by atoms with Gasteiger partial charge in [-0.2, -0.15) is 0 Å². The lowest BCUT2D eigenvalue weighted by molar-refractivity contribution is 0.540. The molecule has 4 aromatic heterocycles. The van der Waals surface area contributed by atoms with Crippen molar-refractivity contribution in [3.63, 3.8) is 0 Å². The van der Waals surface area contributed by atoms with Gasteiger partial charge in [-0.15, -0.1) is 10.2 Å². The summed E-state index contributed by atoms with van der Waals surface area (Å²) in [6.07, 6.45) is 0. The lowest BCUT2D eigenvalue weighted by atomic mass is 10.2. The van der Waals surface area contributed by atoms with Crippen LogP contribution in [0.2, 0.25) is 5.02 Å². The van der Waals surface area contributed by atoms with Crippen LogP contribution in [0.15, 0.2) is 50.3 Å². The summed E-state index contributed by atoms with van der Waals surface area (Å²) in [7, 11) is 0. The predicted octanol–water partition coefficient (Wildman–Crippen LogP) is 6.00. The molecule has 0 aliphatic rings. The molecule has 0 aliphatic carbocycles. The molecular formula is C21H17ClN4O2S. The van der Waals surface area contributed by atoms with Gasteiger partial charge in [-0.05, 0) is 39.0 Å². The topological polar surface area (TPSA) is 69.4 Å². The Morgan fingerprint density at radius 2 is 1.90 bits per heavy atom. The van der Waals surface area contributed by atoms with E-state index in [4.69, 9.17) is 20.4 Å². The van der Waals surface area contributed by atoms with Crippen LogP contribution in [-0.2, 0) is 5.75 Å². The van der Waals surface area contributed by atoms with E-state index in [0.717, 1.165) is 50.2 Å². The summed E-state index contributed by atoms with van der Waals surface area (Å²) in [5, 5.41) is 10.2. The van der Waals surface area contributed by atoms with E-state index in [1.54, 1.807) is 11.8 Å². The lowest BCUT2D eigenvalue weighted by Crippen LogP contribution is -2.00. The molecule has 0 saturated carbocycles. The number of benzene rings is 1. The first-order chi connectivity index (χ1) is 14.0. The minimum absolute atomic E-state index is 0.566. The summed E-state index contributed by atoms with van der Waals surface area (Å²) in [4.78, 5) is 4.66. The third-order valence-corrected chi connectivity index (χ3v) is 5.97. The zero-order valence-electron chi connectivity index (χ0n) is 16.1. The maximum Gasteiger partial charge on any atom is 0.226 e. The molecule has 0 N–H and O–H groups in total. The molecule has 8 heteroatoms. The minimum atomic E-state index is 0.566. The van der Waals surface area contributed by atoms with Gasteiger partial charge < -0.3 is 8.83 Å². The molecule has 29 heavy (non-hydrogen) atoms. The van der Waals surface area contributed by atoms with Crippen molar-refractivity contribution in [2.24, 2.45) is 0 Å². The van der Waals surface area contributed by atoms with Crippen molar-refractivity contribution in [1.29, 1.82) is 0 Å². The summed E-state index contributed by atoms with van der Waals surface area (Å²) in [6, 6.07) is 11.5. The van der Waals surface area contributed by atoms with E-state index >= 15 is 0 Å². The second-order valence-electron chi connectivity index (χ2n) is 6.84. The number of aryl methyl sites for hydroxylation is 3. The number of thioether (sulfide) groups is 1. The molecule has 4 heterocycles. The third-order valence-electron chi connectivity index (χ3n) is 4.75. The highest BCUT2D eigenvalue weighted by Crippen LogP contribution is 2.32. The molecule has 0 aliphatic heterocycles. The zero-order valence-corrected chi connectivity index (χ0v) is 17.6. The van der Waals surface area contributed by atoms with Gasteiger partial charge in [0.2, 0.25) is 5.89 Å². The summed E-state index contributed by atoms with van der Waals surface area (Å²) < 4.78 is 13.7. The molecule has 0 fully saturated rings. The van der Waals surface area contributed by atoms with Gasteiger partial charge in [-0.1, -0.05) is 29.4 Å². The van der Waals surface area contributed by atoms with Gasteiger partial charge in [0.25, 0.3) is 0 Å². The Bertz CT molecular complexity index is 1370. The fourth-order valence-electron chi connectivity index (χ4n) is 3.38. The maximum absolute atomic E-state index is 6.09. The Labute approximate surface area is 175 Å². The van der Waals surface area contributed by atoms with Crippen LogP contribution in [0.3, 0.4) is 0 Å². The van der Waals surface area contributed by atoms with Crippen molar-refractivity contribution >= 4 is 40.0 Å². The summed E-state index contributed by atoms with van der Waals surface area (Å²) >= 11 is 7.66. The number of hydrogen-bond donors (Lipinski definition) is 0. The quantitative estimate of drug-likeness (QED) is 0.329. The van der Waals surface area contributed by atoms with Crippen molar-refractivity contribution in [3.8, 4) is 11.5 Å². The van der Waals surface area contributed by atoms with E-state index < -0.39 is 0 Å². The average Bonchev–Trinajstić information content (AvgIpc) is 3.33. The summed E-state index contributed by atoms with van der Waals surface area (Å²) in [5.41, 5.74) is 4.55. The van der Waals surface area contributed by atoms with E-state index in [0.29, 0.717) is 16.7 Å². The summed E-state index contributed by atoms with van der Waals surface area (Å²) in [5.74, 6) is 3.66. The number of hydrogen-bond acceptors (Lipinski definition) is 6. The smallest absolute Gasteiger partial charge is 0.226 e. The SMILES string of the molecule is Cc1cc2c(cc3c(SCc4nc(-c5cccc(Cl)c5)oc4C)nnc(C)n32)o1. The molecule has 0 spiro atoms. The Morgan fingerprint density at radius 1 is 1.03 bits per heavy atom. The normalized spacial score (nSPS) is 11.7. The standard InChI is InChI=1S/C21H17ClN4O2S/c1-11-7-17-19(27-11)9-18-21(25-24-13(3)26(17)18)29-10-16-12(2)28-20(23-16)14-5-4-6-15(22)8-14/h4-9H,10H2,1-3H3. The number of nitrogens with zero attached hydrogens (tertiary/aromatic N) is 4. The number of fused-ring (bicyclic) bond motifs is 3. The molecule has 0 radical (unpaired) electrons. The van der Waals surface area contributed by atoms with Crippen molar-refractivity contribution in [3.05, 3.63) is 64.5 Å². The number of aromatic nitrogens is 4. The first kappa shape index (κ1) is 18.3. The fourth-order valence-corrected chi connectivity index (χ4v) is 4.51. The van der Waals surface area contributed by atoms with Gasteiger partial charge in [-0.3, -0.25) is 4.40 Å². The maximum atomic E-state index is 6.09. The Kier molecular flexibility index (Phi) is 4.37. The molecule has 1 aromatic carbocycles. The van der Waals surface area contributed by atoms with E-state index in [1.807, 2.05) is 57.2 Å². The van der Waals surface area contributed by atoms with Crippen LogP contribution in [-0.4, -0.2) is 19.6 Å². The average molecular weight is 425 g/mol. The molecule has 5 rings (SSSR count). The van der Waals surface area contributed by atoms with Crippen LogP contribution >= 0.6 is 23.4 Å². The Balaban J connectivity index is 1.47. The first-order valence-electron chi connectivity index (χ1n) is 9.09. The van der Waals surface area contributed by atoms with E-state index in [9.17, 15) is 0 Å². The number of furan rings is 1. The Hall–Kier alpha value is -2.77. The molecular weight excluding hydrogens is 408 g/mol. The molecule has 6 nitrogen and oxygen atoms in total. The molecule has 0 saturated heterocycles. The third kappa shape index (κ3) is 3.20. The van der Waals surface area contributed by atoms with E-state index in [1.165, 1.54) is 0 Å². The van der Waals surface area contributed by atoms with Crippen molar-refractivity contribution in [2.75, 3.05) is 0 Å². The molecule has 5 aromatic rings. The van der Waals surface area contributed by atoms with Gasteiger partial charge in [0.1, 0.15) is 22.4 Å². The lowest BCUT2D eigenvalue weighted by Gasteiger charge is -2.04. The summed E-state index contributed by atoms with van der Waals surface area (Å²) in [6.45, 7) is 5.80. The zero-order chi connectivity index (χ0) is 20.1. The highest BCUT2D eigenvalue weighted by molar-refractivity contribution is 7.98. The van der Waals surface area contributed by atoms with E-state index in [2.05, 4.69) is 19.6 Å². The largest absolute Gasteiger partial charge is 0.460 e. The minimum Gasteiger partial charge on any atom is -0.460 e. The van der Waals surface area contributed by atoms with Crippen molar-refractivity contribution in [2.45, 2.75) is 31.6 Å². The predicted molar refractivity (Wildman–Crippen MR) is 113 cm³/mol. The molecule has 0 unspecified atom stereocenters. The first-order valence-corrected chi connectivity index (χ1v) is 10.5. The van der Waals surface area contributed by atoms with Gasteiger partial charge >= 0.3 is 0 Å². The van der Waals surface area contributed by atoms with Crippen LogP contribution in [0, 0.1) is 20.8 Å². The highest BCUT2D eigenvalue weighted by Gasteiger charge is 2.17. The fraction of sp³-hybridized carbons (Fsp3) is 0.190. The van der Waals surface area contributed by atoms with Crippen molar-refractivity contribution < 1.29 is 8.83 Å². The van der Waals surface area contributed by atoms with Gasteiger partial charge in [0.15, 0.2) is 5.58 Å². The van der Waals surface area contributed by atoms with Crippen LogP contribution in [0.4, 0.5) is 0 Å². The van der Waals surface area contributed by atoms with Gasteiger partial charge in [0, 0.05) is 28.5 Å². The number of rotatable bonds is 4. The Morgan fingerprint density at radius 3 is 2.72 bits per heavy atom. The van der Waals surface area contributed by atoms with Crippen LogP contribution in [0.25, 0.3) is 28.1 Å². The second kappa shape index (κ2) is 6.93. The van der Waals surface area contributed by atoms with Crippen LogP contribution < -0.4 is 0 Å². The molecule has 0 bridgehead atoms. The molecule has 0 amide bonds. The van der Waals surface area contributed by atoms with Gasteiger partial charge in [-0.25, -0.2) is 4.98 Å². The molecule has 0 atom stereocenters. The number of halogens is 1.